The van der Waals surface area contributed by atoms with Crippen LogP contribution in [-0.2, 0) is 0 Å². The van der Waals surface area contributed by atoms with Crippen LogP contribution in [0.2, 0.25) is 0 Å². The summed E-state index contributed by atoms with van der Waals surface area (Å²) in [7, 11) is 1.95. The molecule has 19 heavy (non-hydrogen) atoms. The molecule has 0 fully saturated rings. The van der Waals surface area contributed by atoms with Gasteiger partial charge in [0, 0.05) is 5.39 Å². The SMILES string of the molecule is CNC(c1cc2cccc(C)c2o1)c1scnc1C. The molecule has 0 saturated carbocycles. The van der Waals surface area contributed by atoms with E-state index in [4.69, 9.17) is 4.42 Å². The van der Waals surface area contributed by atoms with Crippen LogP contribution < -0.4 is 5.32 Å². The molecule has 0 aliphatic rings. The lowest BCUT2D eigenvalue weighted by Gasteiger charge is -2.12. The van der Waals surface area contributed by atoms with Gasteiger partial charge in [-0.3, -0.25) is 0 Å². The average Bonchev–Trinajstić information content (AvgIpc) is 2.99. The van der Waals surface area contributed by atoms with Crippen molar-refractivity contribution in [3.63, 3.8) is 0 Å². The van der Waals surface area contributed by atoms with Gasteiger partial charge in [-0.1, -0.05) is 18.2 Å². The number of hydrogen-bond acceptors (Lipinski definition) is 4. The standard InChI is InChI=1S/C15H16N2OS/c1-9-5-4-6-11-7-12(18-14(9)11)13(16-3)15-10(2)17-8-19-15/h4-8,13,16H,1-3H3. The molecule has 2 aromatic heterocycles. The van der Waals surface area contributed by atoms with Gasteiger partial charge in [0.05, 0.1) is 16.1 Å². The molecule has 98 valence electrons. The highest BCUT2D eigenvalue weighted by Crippen LogP contribution is 2.32. The maximum Gasteiger partial charge on any atom is 0.137 e. The van der Waals surface area contributed by atoms with Crippen LogP contribution in [0.15, 0.2) is 34.2 Å². The Labute approximate surface area is 116 Å². The number of nitrogens with zero attached hydrogens (tertiary/aromatic N) is 1. The summed E-state index contributed by atoms with van der Waals surface area (Å²) in [6, 6.07) is 8.40. The minimum absolute atomic E-state index is 0.0688. The molecule has 3 nitrogen and oxygen atoms in total. The summed E-state index contributed by atoms with van der Waals surface area (Å²) in [6.45, 7) is 4.10. The third-order valence-electron chi connectivity index (χ3n) is 3.38. The first kappa shape index (κ1) is 12.4. The van der Waals surface area contributed by atoms with E-state index < -0.39 is 0 Å². The van der Waals surface area contributed by atoms with E-state index in [1.165, 1.54) is 10.4 Å². The molecule has 2 heterocycles. The van der Waals surface area contributed by atoms with E-state index in [-0.39, 0.29) is 6.04 Å². The number of aryl methyl sites for hydroxylation is 2. The van der Waals surface area contributed by atoms with Crippen LogP contribution in [-0.4, -0.2) is 12.0 Å². The van der Waals surface area contributed by atoms with Gasteiger partial charge in [0.25, 0.3) is 0 Å². The van der Waals surface area contributed by atoms with Crippen molar-refractivity contribution in [1.82, 2.24) is 10.3 Å². The van der Waals surface area contributed by atoms with E-state index in [0.29, 0.717) is 0 Å². The van der Waals surface area contributed by atoms with E-state index in [2.05, 4.69) is 41.5 Å². The molecule has 1 unspecified atom stereocenters. The number of hydrogen-bond donors (Lipinski definition) is 1. The molecule has 0 spiro atoms. The zero-order valence-electron chi connectivity index (χ0n) is 11.2. The highest BCUT2D eigenvalue weighted by atomic mass is 32.1. The molecule has 0 bridgehead atoms. The molecule has 0 radical (unpaired) electrons. The summed E-state index contributed by atoms with van der Waals surface area (Å²) >= 11 is 1.66. The second-order valence-electron chi connectivity index (χ2n) is 4.67. The zero-order chi connectivity index (χ0) is 13.4. The zero-order valence-corrected chi connectivity index (χ0v) is 12.0. The van der Waals surface area contributed by atoms with E-state index in [9.17, 15) is 0 Å². The van der Waals surface area contributed by atoms with Gasteiger partial charge in [-0.25, -0.2) is 4.98 Å². The number of furan rings is 1. The van der Waals surface area contributed by atoms with Gasteiger partial charge in [0.2, 0.25) is 0 Å². The van der Waals surface area contributed by atoms with Gasteiger partial charge < -0.3 is 9.73 Å². The Hall–Kier alpha value is -1.65. The van der Waals surface area contributed by atoms with E-state index in [1.807, 2.05) is 19.5 Å². The fourth-order valence-corrected chi connectivity index (χ4v) is 3.28. The van der Waals surface area contributed by atoms with E-state index >= 15 is 0 Å². The van der Waals surface area contributed by atoms with Crippen LogP contribution >= 0.6 is 11.3 Å². The second-order valence-corrected chi connectivity index (χ2v) is 5.55. The Kier molecular flexibility index (Phi) is 3.12. The third-order valence-corrected chi connectivity index (χ3v) is 4.37. The van der Waals surface area contributed by atoms with Gasteiger partial charge in [0.15, 0.2) is 0 Å². The minimum Gasteiger partial charge on any atom is -0.459 e. The Morgan fingerprint density at radius 2 is 2.16 bits per heavy atom. The summed E-state index contributed by atoms with van der Waals surface area (Å²) < 4.78 is 6.05. The van der Waals surface area contributed by atoms with Crippen molar-refractivity contribution < 1.29 is 4.42 Å². The lowest BCUT2D eigenvalue weighted by atomic mass is 10.1. The van der Waals surface area contributed by atoms with Crippen LogP contribution in [0.4, 0.5) is 0 Å². The second kappa shape index (κ2) is 4.79. The number of rotatable bonds is 3. The lowest BCUT2D eigenvalue weighted by molar-refractivity contribution is 0.493. The van der Waals surface area contributed by atoms with Crippen LogP contribution in [0.1, 0.15) is 27.9 Å². The summed E-state index contributed by atoms with van der Waals surface area (Å²) in [5, 5.41) is 4.47. The summed E-state index contributed by atoms with van der Waals surface area (Å²) in [5.74, 6) is 0.944. The highest BCUT2D eigenvalue weighted by Gasteiger charge is 2.20. The maximum absolute atomic E-state index is 6.05. The van der Waals surface area contributed by atoms with Gasteiger partial charge in [-0.05, 0) is 32.5 Å². The van der Waals surface area contributed by atoms with Crippen LogP contribution in [0, 0.1) is 13.8 Å². The summed E-state index contributed by atoms with van der Waals surface area (Å²) in [6.07, 6.45) is 0. The quantitative estimate of drug-likeness (QED) is 0.787. The predicted octanol–water partition coefficient (Wildman–Crippen LogP) is 3.81. The highest BCUT2D eigenvalue weighted by molar-refractivity contribution is 7.09. The molecule has 3 aromatic rings. The van der Waals surface area contributed by atoms with Crippen molar-refractivity contribution in [2.24, 2.45) is 0 Å². The van der Waals surface area contributed by atoms with Crippen molar-refractivity contribution in [2.75, 3.05) is 7.05 Å². The molecule has 0 aliphatic carbocycles. The van der Waals surface area contributed by atoms with Crippen molar-refractivity contribution >= 4 is 22.3 Å². The monoisotopic (exact) mass is 272 g/mol. The largest absolute Gasteiger partial charge is 0.459 e. The topological polar surface area (TPSA) is 38.1 Å². The molecule has 4 heteroatoms. The fourth-order valence-electron chi connectivity index (χ4n) is 2.36. The average molecular weight is 272 g/mol. The molecule has 0 amide bonds. The number of fused-ring (bicyclic) bond motifs is 1. The fraction of sp³-hybridized carbons (Fsp3) is 0.267. The number of thiazole rings is 1. The molecule has 0 saturated heterocycles. The molecular weight excluding hydrogens is 256 g/mol. The van der Waals surface area contributed by atoms with E-state index in [0.717, 1.165) is 22.4 Å². The van der Waals surface area contributed by atoms with Crippen molar-refractivity contribution in [3.05, 3.63) is 51.7 Å². The minimum atomic E-state index is 0.0688. The predicted molar refractivity (Wildman–Crippen MR) is 78.7 cm³/mol. The Balaban J connectivity index is 2.12. The molecule has 1 N–H and O–H groups in total. The Bertz CT molecular complexity index is 714. The van der Waals surface area contributed by atoms with Crippen molar-refractivity contribution in [1.29, 1.82) is 0 Å². The molecule has 1 aromatic carbocycles. The number of nitrogens with one attached hydrogen (secondary N) is 1. The first-order chi connectivity index (χ1) is 9.20. The van der Waals surface area contributed by atoms with Crippen LogP contribution in [0.3, 0.4) is 0 Å². The van der Waals surface area contributed by atoms with Crippen molar-refractivity contribution in [3.8, 4) is 0 Å². The molecule has 1 atom stereocenters. The van der Waals surface area contributed by atoms with Crippen LogP contribution in [0.25, 0.3) is 11.0 Å². The van der Waals surface area contributed by atoms with Gasteiger partial charge >= 0.3 is 0 Å². The molecule has 0 aliphatic heterocycles. The first-order valence-corrected chi connectivity index (χ1v) is 7.15. The smallest absolute Gasteiger partial charge is 0.137 e. The molecular formula is C15H16N2OS. The van der Waals surface area contributed by atoms with Crippen LogP contribution in [0.5, 0.6) is 0 Å². The Morgan fingerprint density at radius 1 is 1.32 bits per heavy atom. The van der Waals surface area contributed by atoms with Gasteiger partial charge in [0.1, 0.15) is 17.4 Å². The van der Waals surface area contributed by atoms with Crippen molar-refractivity contribution in [2.45, 2.75) is 19.9 Å². The third kappa shape index (κ3) is 2.07. The number of para-hydroxylation sites is 1. The number of benzene rings is 1. The maximum atomic E-state index is 6.05. The molecule has 3 rings (SSSR count). The first-order valence-electron chi connectivity index (χ1n) is 6.27. The Morgan fingerprint density at radius 3 is 2.79 bits per heavy atom. The van der Waals surface area contributed by atoms with Gasteiger partial charge in [-0.15, -0.1) is 11.3 Å². The normalized spacial score (nSPS) is 13.0. The summed E-state index contributed by atoms with van der Waals surface area (Å²) in [4.78, 5) is 5.53. The number of aromatic nitrogens is 1. The van der Waals surface area contributed by atoms with Gasteiger partial charge in [-0.2, -0.15) is 0 Å². The lowest BCUT2D eigenvalue weighted by Crippen LogP contribution is -2.16. The van der Waals surface area contributed by atoms with E-state index in [1.54, 1.807) is 11.3 Å². The summed E-state index contributed by atoms with van der Waals surface area (Å²) in [5.41, 5.74) is 5.07.